The van der Waals surface area contributed by atoms with E-state index in [0.29, 0.717) is 6.04 Å². The molecule has 0 aliphatic carbocycles. The van der Waals surface area contributed by atoms with Gasteiger partial charge >= 0.3 is 0 Å². The van der Waals surface area contributed by atoms with Crippen LogP contribution in [-0.2, 0) is 0 Å². The Morgan fingerprint density at radius 3 is 2.85 bits per heavy atom. The first-order chi connectivity index (χ1) is 6.40. The first-order valence-electron chi connectivity index (χ1n) is 4.58. The lowest BCUT2D eigenvalue weighted by atomic mass is 10.1. The second-order valence-corrected chi connectivity index (χ2v) is 4.08. The maximum Gasteiger partial charge on any atom is 0.208 e. The zero-order chi connectivity index (χ0) is 9.10. The molecule has 4 nitrogen and oxygen atoms in total. The zero-order valence-electron chi connectivity index (χ0n) is 7.73. The van der Waals surface area contributed by atoms with Gasteiger partial charge in [-0.3, -0.25) is 0 Å². The summed E-state index contributed by atoms with van der Waals surface area (Å²) in [5, 5.41) is 12.3. The standard InChI is InChI=1S/C8H14N4S/c1-9-7-2-4-12(5-3-7)8-11-10-6-13-8/h6-7,9H,2-5H2,1H3. The van der Waals surface area contributed by atoms with Gasteiger partial charge in [0.25, 0.3) is 0 Å². The number of hydrogen-bond donors (Lipinski definition) is 1. The van der Waals surface area contributed by atoms with E-state index in [4.69, 9.17) is 0 Å². The fourth-order valence-electron chi connectivity index (χ4n) is 1.66. The van der Waals surface area contributed by atoms with Gasteiger partial charge in [-0.25, -0.2) is 0 Å². The van der Waals surface area contributed by atoms with Crippen molar-refractivity contribution in [2.75, 3.05) is 25.0 Å². The molecular formula is C8H14N4S. The Kier molecular flexibility index (Phi) is 2.75. The van der Waals surface area contributed by atoms with Crippen LogP contribution in [0.15, 0.2) is 5.51 Å². The van der Waals surface area contributed by atoms with Crippen LogP contribution in [0.2, 0.25) is 0 Å². The third-order valence-corrected chi connectivity index (χ3v) is 3.27. The quantitative estimate of drug-likeness (QED) is 0.760. The summed E-state index contributed by atoms with van der Waals surface area (Å²) >= 11 is 1.62. The fourth-order valence-corrected chi connectivity index (χ4v) is 2.28. The fraction of sp³-hybridized carbons (Fsp3) is 0.750. The second kappa shape index (κ2) is 4.02. The van der Waals surface area contributed by atoms with Crippen LogP contribution in [0.1, 0.15) is 12.8 Å². The van der Waals surface area contributed by atoms with Crippen molar-refractivity contribution >= 4 is 16.5 Å². The molecule has 2 heterocycles. The van der Waals surface area contributed by atoms with Gasteiger partial charge in [0.05, 0.1) is 0 Å². The van der Waals surface area contributed by atoms with Crippen LogP contribution in [0.5, 0.6) is 0 Å². The van der Waals surface area contributed by atoms with Crippen molar-refractivity contribution in [1.82, 2.24) is 15.5 Å². The highest BCUT2D eigenvalue weighted by molar-refractivity contribution is 7.13. The average molecular weight is 198 g/mol. The van der Waals surface area contributed by atoms with Crippen LogP contribution in [0.4, 0.5) is 5.13 Å². The van der Waals surface area contributed by atoms with Gasteiger partial charge < -0.3 is 10.2 Å². The summed E-state index contributed by atoms with van der Waals surface area (Å²) in [6.45, 7) is 2.20. The monoisotopic (exact) mass is 198 g/mol. The number of rotatable bonds is 2. The van der Waals surface area contributed by atoms with Gasteiger partial charge in [-0.2, -0.15) is 0 Å². The van der Waals surface area contributed by atoms with Gasteiger partial charge in [-0.1, -0.05) is 11.3 Å². The number of nitrogens with one attached hydrogen (secondary N) is 1. The van der Waals surface area contributed by atoms with Gasteiger partial charge in [-0.05, 0) is 19.9 Å². The molecule has 0 spiro atoms. The molecule has 0 aromatic carbocycles. The molecule has 1 aliphatic rings. The third-order valence-electron chi connectivity index (χ3n) is 2.52. The summed E-state index contributed by atoms with van der Waals surface area (Å²) in [7, 11) is 2.03. The molecule has 13 heavy (non-hydrogen) atoms. The molecule has 0 atom stereocenters. The van der Waals surface area contributed by atoms with Crippen LogP contribution >= 0.6 is 11.3 Å². The number of aromatic nitrogens is 2. The van der Waals surface area contributed by atoms with Crippen molar-refractivity contribution in [1.29, 1.82) is 0 Å². The predicted molar refractivity (Wildman–Crippen MR) is 54.2 cm³/mol. The first kappa shape index (κ1) is 8.90. The maximum atomic E-state index is 4.06. The lowest BCUT2D eigenvalue weighted by molar-refractivity contribution is 0.442. The van der Waals surface area contributed by atoms with E-state index < -0.39 is 0 Å². The lowest BCUT2D eigenvalue weighted by Crippen LogP contribution is -2.41. The smallest absolute Gasteiger partial charge is 0.208 e. The Morgan fingerprint density at radius 1 is 1.54 bits per heavy atom. The summed E-state index contributed by atoms with van der Waals surface area (Å²) < 4.78 is 0. The number of anilines is 1. The van der Waals surface area contributed by atoms with Gasteiger partial charge in [0.15, 0.2) is 0 Å². The highest BCUT2D eigenvalue weighted by Crippen LogP contribution is 2.20. The van der Waals surface area contributed by atoms with Crippen molar-refractivity contribution in [3.63, 3.8) is 0 Å². The molecule has 2 rings (SSSR count). The SMILES string of the molecule is CNC1CCN(c2nncs2)CC1. The van der Waals surface area contributed by atoms with Crippen molar-refractivity contribution in [3.05, 3.63) is 5.51 Å². The van der Waals surface area contributed by atoms with Crippen LogP contribution in [-0.4, -0.2) is 36.4 Å². The number of piperidine rings is 1. The largest absolute Gasteiger partial charge is 0.347 e. The molecule has 0 bridgehead atoms. The molecule has 0 amide bonds. The molecule has 1 aliphatic heterocycles. The zero-order valence-corrected chi connectivity index (χ0v) is 8.55. The molecule has 5 heteroatoms. The summed E-state index contributed by atoms with van der Waals surface area (Å²) in [5.74, 6) is 0. The average Bonchev–Trinajstić information content (AvgIpc) is 2.71. The van der Waals surface area contributed by atoms with Crippen LogP contribution in [0.3, 0.4) is 0 Å². The first-order valence-corrected chi connectivity index (χ1v) is 5.46. The van der Waals surface area contributed by atoms with Crippen LogP contribution in [0.25, 0.3) is 0 Å². The predicted octanol–water partition coefficient (Wildman–Crippen LogP) is 0.726. The molecular weight excluding hydrogens is 184 g/mol. The van der Waals surface area contributed by atoms with Gasteiger partial charge in [0.2, 0.25) is 5.13 Å². The lowest BCUT2D eigenvalue weighted by Gasteiger charge is -2.31. The Labute approximate surface area is 82.0 Å². The van der Waals surface area contributed by atoms with Gasteiger partial charge in [0, 0.05) is 19.1 Å². The van der Waals surface area contributed by atoms with Crippen molar-refractivity contribution in [2.45, 2.75) is 18.9 Å². The highest BCUT2D eigenvalue weighted by atomic mass is 32.1. The van der Waals surface area contributed by atoms with E-state index in [1.54, 1.807) is 16.8 Å². The van der Waals surface area contributed by atoms with Gasteiger partial charge in [-0.15, -0.1) is 10.2 Å². The van der Waals surface area contributed by atoms with Gasteiger partial charge in [0.1, 0.15) is 5.51 Å². The highest BCUT2D eigenvalue weighted by Gasteiger charge is 2.19. The number of nitrogens with zero attached hydrogens (tertiary/aromatic N) is 3. The minimum Gasteiger partial charge on any atom is -0.347 e. The normalized spacial score (nSPS) is 19.3. The Bertz CT molecular complexity index is 241. The molecule has 1 N–H and O–H groups in total. The van der Waals surface area contributed by atoms with E-state index >= 15 is 0 Å². The van der Waals surface area contributed by atoms with E-state index in [1.165, 1.54) is 12.8 Å². The molecule has 1 saturated heterocycles. The molecule has 1 aromatic rings. The molecule has 0 unspecified atom stereocenters. The van der Waals surface area contributed by atoms with Crippen molar-refractivity contribution < 1.29 is 0 Å². The molecule has 0 radical (unpaired) electrons. The van der Waals surface area contributed by atoms with Crippen molar-refractivity contribution in [3.8, 4) is 0 Å². The Hall–Kier alpha value is -0.680. The summed E-state index contributed by atoms with van der Waals surface area (Å²) in [6.07, 6.45) is 2.41. The summed E-state index contributed by atoms with van der Waals surface area (Å²) in [5.41, 5.74) is 1.79. The van der Waals surface area contributed by atoms with E-state index in [-0.39, 0.29) is 0 Å². The van der Waals surface area contributed by atoms with E-state index in [2.05, 4.69) is 20.4 Å². The third kappa shape index (κ3) is 1.97. The minimum absolute atomic E-state index is 0.684. The van der Waals surface area contributed by atoms with Crippen LogP contribution in [0, 0.1) is 0 Å². The van der Waals surface area contributed by atoms with Crippen LogP contribution < -0.4 is 10.2 Å². The topological polar surface area (TPSA) is 41.0 Å². The minimum atomic E-state index is 0.684. The Morgan fingerprint density at radius 2 is 2.31 bits per heavy atom. The number of hydrogen-bond acceptors (Lipinski definition) is 5. The van der Waals surface area contributed by atoms with Crippen molar-refractivity contribution in [2.24, 2.45) is 0 Å². The van der Waals surface area contributed by atoms with E-state index in [1.807, 2.05) is 7.05 Å². The molecule has 1 aromatic heterocycles. The summed E-state index contributed by atoms with van der Waals surface area (Å²) in [4.78, 5) is 2.31. The summed E-state index contributed by atoms with van der Waals surface area (Å²) in [6, 6.07) is 0.684. The second-order valence-electron chi connectivity index (χ2n) is 3.27. The van der Waals surface area contributed by atoms with E-state index in [9.17, 15) is 0 Å². The molecule has 0 saturated carbocycles. The maximum absolute atomic E-state index is 4.06. The van der Waals surface area contributed by atoms with E-state index in [0.717, 1.165) is 18.2 Å². The molecule has 1 fully saturated rings. The Balaban J connectivity index is 1.92. The molecule has 72 valence electrons.